The molecule has 2 N–H and O–H groups in total. The summed E-state index contributed by atoms with van der Waals surface area (Å²) in [6, 6.07) is 16.5. The van der Waals surface area contributed by atoms with Gasteiger partial charge in [-0.1, -0.05) is 24.3 Å². The van der Waals surface area contributed by atoms with Crippen molar-refractivity contribution in [1.82, 2.24) is 19.7 Å². The maximum absolute atomic E-state index is 12.3. The van der Waals surface area contributed by atoms with Gasteiger partial charge in [-0.15, -0.1) is 0 Å². The molecule has 0 aliphatic carbocycles. The van der Waals surface area contributed by atoms with Crippen molar-refractivity contribution in [3.8, 4) is 0 Å². The van der Waals surface area contributed by atoms with E-state index >= 15 is 0 Å². The zero-order chi connectivity index (χ0) is 23.1. The quantitative estimate of drug-likeness (QED) is 0.646. The normalized spacial score (nSPS) is 32.1. The van der Waals surface area contributed by atoms with Crippen molar-refractivity contribution in [3.05, 3.63) is 64.6 Å². The van der Waals surface area contributed by atoms with Crippen molar-refractivity contribution in [2.75, 3.05) is 44.6 Å². The van der Waals surface area contributed by atoms with E-state index in [1.807, 2.05) is 41.0 Å². The lowest BCUT2D eigenvalue weighted by Crippen LogP contribution is -2.59. The predicted octanol–water partition coefficient (Wildman–Crippen LogP) is 2.96. The Kier molecular flexibility index (Phi) is 6.18. The summed E-state index contributed by atoms with van der Waals surface area (Å²) in [5.41, 5.74) is 2.47. The van der Waals surface area contributed by atoms with E-state index in [2.05, 4.69) is 26.5 Å². The van der Waals surface area contributed by atoms with Crippen LogP contribution in [0.5, 0.6) is 0 Å². The average molecular weight is 478 g/mol. The summed E-state index contributed by atoms with van der Waals surface area (Å²) in [7, 11) is 0. The summed E-state index contributed by atoms with van der Waals surface area (Å²) in [5, 5.41) is 7.47. The van der Waals surface area contributed by atoms with Gasteiger partial charge in [0, 0.05) is 68.7 Å². The van der Waals surface area contributed by atoms with E-state index in [0.717, 1.165) is 43.7 Å². The third-order valence-corrected chi connectivity index (χ3v) is 8.84. The van der Waals surface area contributed by atoms with Crippen LogP contribution >= 0.6 is 12.2 Å². The van der Waals surface area contributed by atoms with Gasteiger partial charge in [-0.05, 0) is 74.0 Å². The minimum absolute atomic E-state index is 0.177. The molecule has 34 heavy (non-hydrogen) atoms. The van der Waals surface area contributed by atoms with Gasteiger partial charge in [0.25, 0.3) is 5.56 Å². The highest BCUT2D eigenvalue weighted by Crippen LogP contribution is 2.39. The van der Waals surface area contributed by atoms with E-state index in [-0.39, 0.29) is 5.56 Å². The Balaban J connectivity index is 1.02. The maximum Gasteiger partial charge on any atom is 0.250 e. The molecule has 1 aromatic heterocycles. The lowest BCUT2D eigenvalue weighted by atomic mass is 9.74. The van der Waals surface area contributed by atoms with Crippen LogP contribution in [0.3, 0.4) is 0 Å². The topological polar surface area (TPSA) is 52.5 Å². The number of fused-ring (bicyclic) bond motifs is 7. The van der Waals surface area contributed by atoms with Crippen molar-refractivity contribution < 1.29 is 0 Å². The summed E-state index contributed by atoms with van der Waals surface area (Å²) >= 11 is 5.53. The fourth-order valence-corrected chi connectivity index (χ4v) is 7.25. The van der Waals surface area contributed by atoms with Crippen LogP contribution in [0, 0.1) is 17.8 Å². The number of nitrogens with one attached hydrogen (secondary N) is 2. The van der Waals surface area contributed by atoms with Gasteiger partial charge in [0.1, 0.15) is 0 Å². The van der Waals surface area contributed by atoms with Crippen LogP contribution < -0.4 is 16.2 Å². The highest BCUT2D eigenvalue weighted by Gasteiger charge is 2.42. The van der Waals surface area contributed by atoms with Gasteiger partial charge >= 0.3 is 0 Å². The minimum atomic E-state index is 0.177. The van der Waals surface area contributed by atoms with E-state index in [1.54, 1.807) is 6.07 Å². The Bertz CT molecular complexity index is 1090. The van der Waals surface area contributed by atoms with E-state index in [0.29, 0.717) is 23.0 Å². The number of thiocarbonyl (C=S) groups is 1. The number of para-hydroxylation sites is 1. The Morgan fingerprint density at radius 2 is 1.88 bits per heavy atom. The summed E-state index contributed by atoms with van der Waals surface area (Å²) in [4.78, 5) is 17.7. The minimum Gasteiger partial charge on any atom is -0.361 e. The molecule has 1 unspecified atom stereocenters. The SMILES string of the molecule is O=c1cccc2n1C[C@@H]1C[C@@H]2CN(C[C@H]2CN3CC[C@@H]2C[C@H]3CNC(=S)Nc2ccccc2)C1. The van der Waals surface area contributed by atoms with E-state index in [1.165, 1.54) is 44.6 Å². The van der Waals surface area contributed by atoms with E-state index < -0.39 is 0 Å². The van der Waals surface area contributed by atoms with Crippen molar-refractivity contribution in [2.45, 2.75) is 37.8 Å². The van der Waals surface area contributed by atoms with Gasteiger partial charge in [0.05, 0.1) is 0 Å². The first-order valence-electron chi connectivity index (χ1n) is 12.9. The number of hydrogen-bond acceptors (Lipinski definition) is 4. The number of piperidine rings is 4. The zero-order valence-corrected chi connectivity index (χ0v) is 20.6. The Hall–Kier alpha value is -2.22. The molecule has 4 saturated heterocycles. The van der Waals surface area contributed by atoms with Crippen LogP contribution in [0.25, 0.3) is 0 Å². The van der Waals surface area contributed by atoms with Crippen molar-refractivity contribution in [3.63, 3.8) is 0 Å². The second-order valence-corrected chi connectivity index (χ2v) is 11.2. The standard InChI is InChI=1S/C27H35N5OS/c33-26-8-4-7-25-21-11-19(15-32(25)26)14-30(16-21)17-22-18-31-10-9-20(22)12-24(31)13-28-27(34)29-23-5-2-1-3-6-23/h1-8,19-22,24H,9-18H2,(H2,28,29,34)/t19-,20-,21-,22+,24+/m1/s1. The molecule has 0 spiro atoms. The van der Waals surface area contributed by atoms with Gasteiger partial charge < -0.3 is 20.1 Å². The first-order valence-corrected chi connectivity index (χ1v) is 13.3. The number of anilines is 1. The fraction of sp³-hybridized carbons (Fsp3) is 0.556. The molecule has 2 aromatic rings. The molecule has 1 aromatic carbocycles. The second kappa shape index (κ2) is 9.44. The van der Waals surface area contributed by atoms with Crippen molar-refractivity contribution in [2.24, 2.45) is 17.8 Å². The lowest BCUT2D eigenvalue weighted by Gasteiger charge is -2.52. The highest BCUT2D eigenvalue weighted by atomic mass is 32.1. The van der Waals surface area contributed by atoms with Gasteiger partial charge in [0.2, 0.25) is 0 Å². The smallest absolute Gasteiger partial charge is 0.250 e. The molecule has 0 radical (unpaired) electrons. The number of pyridine rings is 1. The Labute approximate surface area is 207 Å². The first kappa shape index (κ1) is 22.3. The summed E-state index contributed by atoms with van der Waals surface area (Å²) in [5.74, 6) is 2.69. The number of likely N-dealkylation sites (tertiary alicyclic amines) is 1. The van der Waals surface area contributed by atoms with Gasteiger partial charge in [0.15, 0.2) is 5.11 Å². The number of hydrogen-bond donors (Lipinski definition) is 2. The summed E-state index contributed by atoms with van der Waals surface area (Å²) < 4.78 is 2.04. The third-order valence-electron chi connectivity index (χ3n) is 8.59. The molecule has 7 rings (SSSR count). The molecular formula is C27H35N5OS. The van der Waals surface area contributed by atoms with Gasteiger partial charge in [-0.2, -0.15) is 0 Å². The molecule has 180 valence electrons. The molecule has 4 fully saturated rings. The monoisotopic (exact) mass is 477 g/mol. The zero-order valence-electron chi connectivity index (χ0n) is 19.7. The molecule has 6 nitrogen and oxygen atoms in total. The highest BCUT2D eigenvalue weighted by molar-refractivity contribution is 7.80. The van der Waals surface area contributed by atoms with E-state index in [9.17, 15) is 4.79 Å². The average Bonchev–Trinajstić information content (AvgIpc) is 2.85. The number of aromatic nitrogens is 1. The maximum atomic E-state index is 12.3. The lowest BCUT2D eigenvalue weighted by molar-refractivity contribution is -0.0189. The first-order chi connectivity index (χ1) is 16.6. The van der Waals surface area contributed by atoms with Crippen molar-refractivity contribution in [1.29, 1.82) is 0 Å². The molecule has 0 saturated carbocycles. The number of nitrogens with zero attached hydrogens (tertiary/aromatic N) is 3. The summed E-state index contributed by atoms with van der Waals surface area (Å²) in [6.45, 7) is 7.69. The van der Waals surface area contributed by atoms with Gasteiger partial charge in [-0.3, -0.25) is 9.69 Å². The molecule has 5 aliphatic rings. The van der Waals surface area contributed by atoms with Crippen LogP contribution in [0.1, 0.15) is 30.9 Å². The molecule has 5 aliphatic heterocycles. The molecule has 0 amide bonds. The van der Waals surface area contributed by atoms with Gasteiger partial charge in [-0.25, -0.2) is 0 Å². The number of benzene rings is 1. The molecule has 7 heteroatoms. The van der Waals surface area contributed by atoms with E-state index in [4.69, 9.17) is 12.2 Å². The fourth-order valence-electron chi connectivity index (χ4n) is 7.05. The second-order valence-electron chi connectivity index (χ2n) is 10.8. The van der Waals surface area contributed by atoms with Crippen LogP contribution in [-0.2, 0) is 6.54 Å². The largest absolute Gasteiger partial charge is 0.361 e. The van der Waals surface area contributed by atoms with Crippen molar-refractivity contribution >= 4 is 23.0 Å². The molecule has 6 heterocycles. The van der Waals surface area contributed by atoms with Crippen LogP contribution in [0.4, 0.5) is 5.69 Å². The molecule has 6 atom stereocenters. The Morgan fingerprint density at radius 3 is 2.71 bits per heavy atom. The summed E-state index contributed by atoms with van der Waals surface area (Å²) in [6.07, 6.45) is 3.84. The molecule has 4 bridgehead atoms. The predicted molar refractivity (Wildman–Crippen MR) is 140 cm³/mol. The number of rotatable bonds is 5. The third kappa shape index (κ3) is 4.53. The Morgan fingerprint density at radius 1 is 1.00 bits per heavy atom. The van der Waals surface area contributed by atoms with Crippen LogP contribution in [0.2, 0.25) is 0 Å². The molecular weight excluding hydrogens is 442 g/mol. The van der Waals surface area contributed by atoms with Crippen LogP contribution in [0.15, 0.2) is 53.3 Å². The van der Waals surface area contributed by atoms with Crippen LogP contribution in [-0.4, -0.2) is 64.8 Å².